The zero-order chi connectivity index (χ0) is 22.3. The molecule has 0 fully saturated rings. The van der Waals surface area contributed by atoms with Gasteiger partial charge in [0.15, 0.2) is 6.61 Å². The first-order chi connectivity index (χ1) is 14.2. The highest BCUT2D eigenvalue weighted by molar-refractivity contribution is 6.42. The van der Waals surface area contributed by atoms with E-state index in [9.17, 15) is 9.59 Å². The lowest BCUT2D eigenvalue weighted by atomic mass is 10.1. The highest BCUT2D eigenvalue weighted by Gasteiger charge is 2.27. The fourth-order valence-electron chi connectivity index (χ4n) is 2.65. The van der Waals surface area contributed by atoms with Crippen LogP contribution in [0.2, 0.25) is 15.1 Å². The van der Waals surface area contributed by atoms with Crippen molar-refractivity contribution >= 4 is 46.6 Å². The normalized spacial score (nSPS) is 11.8. The molecule has 0 unspecified atom stereocenters. The largest absolute Gasteiger partial charge is 0.482 e. The number of carbonyl (C=O) groups is 2. The molecular formula is C22H25Cl3N2O3. The van der Waals surface area contributed by atoms with Crippen LogP contribution in [0.3, 0.4) is 0 Å². The van der Waals surface area contributed by atoms with E-state index in [2.05, 4.69) is 5.32 Å². The minimum Gasteiger partial charge on any atom is -0.482 e. The summed E-state index contributed by atoms with van der Waals surface area (Å²) in [5, 5.41) is 4.07. The smallest absolute Gasteiger partial charge is 0.261 e. The maximum atomic E-state index is 13.0. The van der Waals surface area contributed by atoms with Crippen molar-refractivity contribution in [2.75, 3.05) is 13.2 Å². The summed E-state index contributed by atoms with van der Waals surface area (Å²) < 4.78 is 5.59. The molecule has 0 heterocycles. The minimum absolute atomic E-state index is 0.178. The van der Waals surface area contributed by atoms with E-state index in [1.54, 1.807) is 49.4 Å². The van der Waals surface area contributed by atoms with Gasteiger partial charge in [-0.05, 0) is 42.7 Å². The first-order valence-corrected chi connectivity index (χ1v) is 10.7. The van der Waals surface area contributed by atoms with Gasteiger partial charge >= 0.3 is 0 Å². The standard InChI is InChI=1S/C22H25Cl3N2O3/c1-14(2)11-26-22(29)15(3)27(12-16-8-9-17(23)19(25)10-16)21(28)13-30-20-7-5-4-6-18(20)24/h4-10,14-15H,11-13H2,1-3H3,(H,26,29)/t15-/m0/s1. The minimum atomic E-state index is -0.708. The molecule has 0 saturated carbocycles. The van der Waals surface area contributed by atoms with E-state index in [4.69, 9.17) is 39.5 Å². The molecule has 2 amide bonds. The molecule has 8 heteroatoms. The van der Waals surface area contributed by atoms with Crippen molar-refractivity contribution in [1.29, 1.82) is 0 Å². The zero-order valence-corrected chi connectivity index (χ0v) is 19.4. The molecule has 0 aliphatic heterocycles. The van der Waals surface area contributed by atoms with Crippen LogP contribution in [0.4, 0.5) is 0 Å². The topological polar surface area (TPSA) is 58.6 Å². The number of para-hydroxylation sites is 1. The van der Waals surface area contributed by atoms with Crippen LogP contribution in [-0.2, 0) is 16.1 Å². The number of nitrogens with zero attached hydrogens (tertiary/aromatic N) is 1. The van der Waals surface area contributed by atoms with Gasteiger partial charge in [-0.2, -0.15) is 0 Å². The molecule has 0 spiro atoms. The molecule has 0 aromatic heterocycles. The summed E-state index contributed by atoms with van der Waals surface area (Å²) in [6.45, 7) is 6.13. The van der Waals surface area contributed by atoms with E-state index >= 15 is 0 Å². The van der Waals surface area contributed by atoms with Crippen molar-refractivity contribution in [2.45, 2.75) is 33.4 Å². The summed E-state index contributed by atoms with van der Waals surface area (Å²) in [6.07, 6.45) is 0. The number of amides is 2. The van der Waals surface area contributed by atoms with Crippen LogP contribution in [0.25, 0.3) is 0 Å². The summed E-state index contributed by atoms with van der Waals surface area (Å²) in [5.74, 6) is 0.103. The summed E-state index contributed by atoms with van der Waals surface area (Å²) in [4.78, 5) is 27.1. The Morgan fingerprint density at radius 1 is 1.00 bits per heavy atom. The van der Waals surface area contributed by atoms with Crippen LogP contribution in [0.5, 0.6) is 5.75 Å². The van der Waals surface area contributed by atoms with Crippen molar-refractivity contribution in [2.24, 2.45) is 5.92 Å². The van der Waals surface area contributed by atoms with Gasteiger partial charge in [0.25, 0.3) is 5.91 Å². The van der Waals surface area contributed by atoms with Gasteiger partial charge in [0, 0.05) is 13.1 Å². The molecule has 30 heavy (non-hydrogen) atoms. The van der Waals surface area contributed by atoms with Gasteiger partial charge in [-0.1, -0.05) is 66.8 Å². The average Bonchev–Trinajstić information content (AvgIpc) is 2.71. The molecule has 5 nitrogen and oxygen atoms in total. The van der Waals surface area contributed by atoms with Crippen LogP contribution in [-0.4, -0.2) is 35.9 Å². The molecule has 1 N–H and O–H groups in total. The van der Waals surface area contributed by atoms with Crippen LogP contribution < -0.4 is 10.1 Å². The van der Waals surface area contributed by atoms with Crippen molar-refractivity contribution in [1.82, 2.24) is 10.2 Å². The van der Waals surface area contributed by atoms with Gasteiger partial charge in [0.2, 0.25) is 5.91 Å². The Morgan fingerprint density at radius 3 is 2.33 bits per heavy atom. The van der Waals surface area contributed by atoms with E-state index < -0.39 is 6.04 Å². The molecule has 0 radical (unpaired) electrons. The molecule has 0 aliphatic rings. The van der Waals surface area contributed by atoms with Crippen LogP contribution in [0, 0.1) is 5.92 Å². The summed E-state index contributed by atoms with van der Waals surface area (Å²) in [5.41, 5.74) is 0.749. The average molecular weight is 472 g/mol. The molecule has 2 aromatic rings. The van der Waals surface area contributed by atoms with Gasteiger partial charge in [-0.25, -0.2) is 0 Å². The SMILES string of the molecule is CC(C)CNC(=O)[C@H](C)N(Cc1ccc(Cl)c(Cl)c1)C(=O)COc1ccccc1Cl. The van der Waals surface area contributed by atoms with E-state index in [1.807, 2.05) is 13.8 Å². The molecule has 1 atom stereocenters. The van der Waals surface area contributed by atoms with Crippen molar-refractivity contribution in [3.63, 3.8) is 0 Å². The first kappa shape index (κ1) is 24.3. The maximum Gasteiger partial charge on any atom is 0.261 e. The lowest BCUT2D eigenvalue weighted by molar-refractivity contribution is -0.142. The molecule has 2 aromatic carbocycles. The van der Waals surface area contributed by atoms with E-state index in [0.29, 0.717) is 33.3 Å². The number of rotatable bonds is 9. The maximum absolute atomic E-state index is 13.0. The fourth-order valence-corrected chi connectivity index (χ4v) is 3.16. The van der Waals surface area contributed by atoms with Crippen LogP contribution in [0.1, 0.15) is 26.3 Å². The van der Waals surface area contributed by atoms with Crippen molar-refractivity contribution < 1.29 is 14.3 Å². The molecule has 0 saturated heterocycles. The monoisotopic (exact) mass is 470 g/mol. The Morgan fingerprint density at radius 2 is 1.70 bits per heavy atom. The second kappa shape index (κ2) is 11.4. The number of nitrogens with one attached hydrogen (secondary N) is 1. The molecule has 0 aliphatic carbocycles. The van der Waals surface area contributed by atoms with Crippen LogP contribution >= 0.6 is 34.8 Å². The highest BCUT2D eigenvalue weighted by Crippen LogP contribution is 2.25. The van der Waals surface area contributed by atoms with Gasteiger partial charge in [-0.15, -0.1) is 0 Å². The third kappa shape index (κ3) is 7.08. The Hall–Kier alpha value is -1.95. The van der Waals surface area contributed by atoms with Crippen LogP contribution in [0.15, 0.2) is 42.5 Å². The first-order valence-electron chi connectivity index (χ1n) is 9.57. The third-order valence-corrected chi connectivity index (χ3v) is 5.43. The van der Waals surface area contributed by atoms with Gasteiger partial charge in [0.1, 0.15) is 11.8 Å². The molecular weight excluding hydrogens is 447 g/mol. The number of hydrogen-bond donors (Lipinski definition) is 1. The Bertz CT molecular complexity index is 890. The third-order valence-electron chi connectivity index (χ3n) is 4.38. The quantitative estimate of drug-likeness (QED) is 0.546. The van der Waals surface area contributed by atoms with E-state index in [0.717, 1.165) is 5.56 Å². The predicted molar refractivity (Wildman–Crippen MR) is 121 cm³/mol. The number of ether oxygens (including phenoxy) is 1. The van der Waals surface area contributed by atoms with Crippen molar-refractivity contribution in [3.8, 4) is 5.75 Å². The second-order valence-corrected chi connectivity index (χ2v) is 8.53. The Balaban J connectivity index is 2.18. The lowest BCUT2D eigenvalue weighted by Gasteiger charge is -2.29. The van der Waals surface area contributed by atoms with E-state index in [1.165, 1.54) is 4.90 Å². The number of carbonyl (C=O) groups excluding carboxylic acids is 2. The Labute approximate surface area is 192 Å². The zero-order valence-electron chi connectivity index (χ0n) is 17.1. The summed E-state index contributed by atoms with van der Waals surface area (Å²) >= 11 is 18.2. The lowest BCUT2D eigenvalue weighted by Crippen LogP contribution is -2.49. The second-order valence-electron chi connectivity index (χ2n) is 7.30. The summed E-state index contributed by atoms with van der Waals surface area (Å²) in [6, 6.07) is 11.3. The fraction of sp³-hybridized carbons (Fsp3) is 0.364. The highest BCUT2D eigenvalue weighted by atomic mass is 35.5. The number of halogens is 3. The van der Waals surface area contributed by atoms with Gasteiger partial charge in [0.05, 0.1) is 15.1 Å². The molecule has 162 valence electrons. The Kier molecular flexibility index (Phi) is 9.28. The van der Waals surface area contributed by atoms with Crippen molar-refractivity contribution in [3.05, 3.63) is 63.1 Å². The molecule has 2 rings (SSSR count). The molecule has 0 bridgehead atoms. The van der Waals surface area contributed by atoms with E-state index in [-0.39, 0.29) is 25.0 Å². The number of hydrogen-bond acceptors (Lipinski definition) is 3. The number of benzene rings is 2. The predicted octanol–water partition coefficient (Wildman–Crippen LogP) is 5.22. The van der Waals surface area contributed by atoms with Gasteiger partial charge < -0.3 is 15.0 Å². The van der Waals surface area contributed by atoms with Gasteiger partial charge in [-0.3, -0.25) is 9.59 Å². The summed E-state index contributed by atoms with van der Waals surface area (Å²) in [7, 11) is 0.